The maximum atomic E-state index is 13.5. The highest BCUT2D eigenvalue weighted by Gasteiger charge is 2.30. The summed E-state index contributed by atoms with van der Waals surface area (Å²) in [5, 5.41) is 18.9. The summed E-state index contributed by atoms with van der Waals surface area (Å²) in [4.78, 5) is 38.8. The van der Waals surface area contributed by atoms with E-state index in [1.165, 1.54) is 6.33 Å². The third-order valence-corrected chi connectivity index (χ3v) is 7.97. The van der Waals surface area contributed by atoms with Crippen LogP contribution in [0.5, 0.6) is 0 Å². The van der Waals surface area contributed by atoms with Gasteiger partial charge in [-0.3, -0.25) is 19.4 Å². The molecular formula is C33H33ClN6O7. The Kier molecular flexibility index (Phi) is 11.4. The molecule has 1 atom stereocenters. The molecule has 0 amide bonds. The first-order valence-corrected chi connectivity index (χ1v) is 15.2. The largest absolute Gasteiger partial charge is 0.483 e. The average molecular weight is 661 g/mol. The van der Waals surface area contributed by atoms with E-state index in [2.05, 4.69) is 15.5 Å². The fourth-order valence-corrected chi connectivity index (χ4v) is 5.79. The summed E-state index contributed by atoms with van der Waals surface area (Å²) in [5.74, 6) is -0.297. The smallest absolute Gasteiger partial charge is 0.310 e. The number of fused-ring (bicyclic) bond motifs is 1. The second-order valence-corrected chi connectivity index (χ2v) is 11.1. The summed E-state index contributed by atoms with van der Waals surface area (Å²) >= 11 is 6.33. The Bertz CT molecular complexity index is 1820. The predicted molar refractivity (Wildman–Crippen MR) is 174 cm³/mol. The quantitative estimate of drug-likeness (QED) is 0.134. The number of carbonyl (C=O) groups excluding carboxylic acids is 1. The van der Waals surface area contributed by atoms with E-state index in [-0.39, 0.29) is 37.1 Å². The Morgan fingerprint density at radius 1 is 1.06 bits per heavy atom. The lowest BCUT2D eigenvalue weighted by Crippen LogP contribution is -2.27. The van der Waals surface area contributed by atoms with Crippen LogP contribution in [0.25, 0.3) is 22.4 Å². The van der Waals surface area contributed by atoms with Gasteiger partial charge in [-0.25, -0.2) is 0 Å². The summed E-state index contributed by atoms with van der Waals surface area (Å²) < 4.78 is 18.9. The maximum Gasteiger partial charge on any atom is 0.310 e. The lowest BCUT2D eigenvalue weighted by molar-refractivity contribution is -0.144. The van der Waals surface area contributed by atoms with Gasteiger partial charge in [0.2, 0.25) is 0 Å². The molecule has 0 saturated heterocycles. The van der Waals surface area contributed by atoms with Gasteiger partial charge in [0.05, 0.1) is 38.0 Å². The topological polar surface area (TPSA) is 160 Å². The van der Waals surface area contributed by atoms with Gasteiger partial charge >= 0.3 is 5.97 Å². The molecule has 4 aromatic rings. The average Bonchev–Trinajstić information content (AvgIpc) is 3.85. The van der Waals surface area contributed by atoms with E-state index in [0.29, 0.717) is 31.3 Å². The lowest BCUT2D eigenvalue weighted by atomic mass is 9.97. The number of halogens is 1. The number of pyridine rings is 1. The number of nitrogens with zero attached hydrogens (tertiary/aromatic N) is 6. The zero-order valence-electron chi connectivity index (χ0n) is 25.6. The molecule has 0 radical (unpaired) electrons. The van der Waals surface area contributed by atoms with Gasteiger partial charge in [0.15, 0.2) is 0 Å². The highest BCUT2D eigenvalue weighted by molar-refractivity contribution is 6.31. The van der Waals surface area contributed by atoms with Crippen LogP contribution in [-0.2, 0) is 36.6 Å². The SMILES string of the molecule is COCCOCCOC(=O)Cc1ccc(C2=CN=C([C@@H]3CCc4cc(-c5cc(Cl)ccc5-n5cnnn5)cc(=O)n43)C2)cc1.O=CO. The van der Waals surface area contributed by atoms with Crippen LogP contribution < -0.4 is 5.56 Å². The number of hydrogen-bond acceptors (Lipinski definition) is 10. The van der Waals surface area contributed by atoms with Crippen molar-refractivity contribution in [3.8, 4) is 16.8 Å². The molecule has 0 spiro atoms. The zero-order valence-corrected chi connectivity index (χ0v) is 26.4. The Morgan fingerprint density at radius 3 is 2.60 bits per heavy atom. The number of hydrogen-bond donors (Lipinski definition) is 1. The molecule has 0 fully saturated rings. The minimum absolute atomic E-state index is 0.0865. The second-order valence-electron chi connectivity index (χ2n) is 10.7. The molecule has 0 unspecified atom stereocenters. The minimum atomic E-state index is -0.297. The number of esters is 1. The third-order valence-electron chi connectivity index (χ3n) is 7.74. The minimum Gasteiger partial charge on any atom is -0.483 e. The molecule has 0 aliphatic carbocycles. The van der Waals surface area contributed by atoms with Crippen molar-refractivity contribution in [2.75, 3.05) is 33.5 Å². The van der Waals surface area contributed by atoms with Crippen molar-refractivity contribution in [1.29, 1.82) is 0 Å². The number of ether oxygens (including phenoxy) is 3. The van der Waals surface area contributed by atoms with Crippen molar-refractivity contribution in [3.05, 3.63) is 99.3 Å². The van der Waals surface area contributed by atoms with Crippen molar-refractivity contribution in [3.63, 3.8) is 0 Å². The van der Waals surface area contributed by atoms with Crippen LogP contribution in [0, 0.1) is 0 Å². The first-order valence-electron chi connectivity index (χ1n) is 14.9. The second kappa shape index (κ2) is 16.0. The molecule has 13 nitrogen and oxygen atoms in total. The van der Waals surface area contributed by atoms with Gasteiger partial charge in [-0.15, -0.1) is 5.10 Å². The molecule has 47 heavy (non-hydrogen) atoms. The zero-order chi connectivity index (χ0) is 33.2. The number of rotatable bonds is 12. The van der Waals surface area contributed by atoms with Crippen molar-refractivity contribution < 1.29 is 28.9 Å². The molecule has 6 rings (SSSR count). The number of methoxy groups -OCH3 is 1. The summed E-state index contributed by atoms with van der Waals surface area (Å²) in [6, 6.07) is 16.9. The molecule has 1 N–H and O–H groups in total. The van der Waals surface area contributed by atoms with Crippen LogP contribution >= 0.6 is 11.6 Å². The standard InChI is InChI=1S/C32H31ClN6O5.CH2O2/c1-42-10-11-43-12-13-44-32(41)14-21-2-4-22(5-3-21)24-16-28(34-19-24)30-9-7-26-15-23(17-31(40)39(26)30)27-18-25(33)6-8-29(27)38-20-35-36-37-38;2-1-3/h2-6,8,15,17-20,30H,7,9-14,16H2,1H3;1H,(H,2,3)/t30-;/m0./s1. The van der Waals surface area contributed by atoms with Gasteiger partial charge < -0.3 is 23.9 Å². The van der Waals surface area contributed by atoms with Crippen LogP contribution in [0.1, 0.15) is 35.7 Å². The molecule has 2 aliphatic heterocycles. The van der Waals surface area contributed by atoms with Crippen LogP contribution in [0.2, 0.25) is 5.02 Å². The van der Waals surface area contributed by atoms with E-state index >= 15 is 0 Å². The number of aromatic nitrogens is 5. The number of carboxylic acid groups (broad SMARTS) is 1. The van der Waals surface area contributed by atoms with E-state index in [4.69, 9.17) is 40.7 Å². The van der Waals surface area contributed by atoms with Gasteiger partial charge in [-0.05, 0) is 69.8 Å². The maximum absolute atomic E-state index is 13.5. The first kappa shape index (κ1) is 33.4. The highest BCUT2D eigenvalue weighted by Crippen LogP contribution is 2.36. The Balaban J connectivity index is 0.00000139. The first-order chi connectivity index (χ1) is 22.9. The van der Waals surface area contributed by atoms with Crippen LogP contribution in [-0.4, -0.2) is 81.6 Å². The monoisotopic (exact) mass is 660 g/mol. The van der Waals surface area contributed by atoms with Gasteiger partial charge in [0, 0.05) is 47.8 Å². The Labute approximate surface area is 275 Å². The van der Waals surface area contributed by atoms with Crippen molar-refractivity contribution in [2.24, 2.45) is 4.99 Å². The van der Waals surface area contributed by atoms with Gasteiger partial charge in [-0.1, -0.05) is 35.9 Å². The van der Waals surface area contributed by atoms with E-state index in [1.54, 1.807) is 23.9 Å². The molecule has 244 valence electrons. The molecule has 2 aromatic heterocycles. The van der Waals surface area contributed by atoms with Crippen molar-refractivity contribution >= 4 is 35.3 Å². The van der Waals surface area contributed by atoms with Crippen molar-refractivity contribution in [2.45, 2.75) is 31.7 Å². The summed E-state index contributed by atoms with van der Waals surface area (Å²) in [7, 11) is 1.61. The molecule has 2 aliphatic rings. The molecule has 14 heteroatoms. The predicted octanol–water partition coefficient (Wildman–Crippen LogP) is 3.97. The number of aliphatic imine (C=N–C) groups is 1. The summed E-state index contributed by atoms with van der Waals surface area (Å²) in [6.07, 6.45) is 5.79. The van der Waals surface area contributed by atoms with Crippen molar-refractivity contribution in [1.82, 2.24) is 24.8 Å². The Morgan fingerprint density at radius 2 is 1.85 bits per heavy atom. The molecular weight excluding hydrogens is 628 g/mol. The van der Waals surface area contributed by atoms with Gasteiger partial charge in [0.25, 0.3) is 12.0 Å². The van der Waals surface area contributed by atoms with E-state index in [0.717, 1.165) is 57.8 Å². The molecule has 2 aromatic carbocycles. The molecule has 0 bridgehead atoms. The van der Waals surface area contributed by atoms with Gasteiger partial charge in [0.1, 0.15) is 12.9 Å². The molecule has 0 saturated carbocycles. The summed E-state index contributed by atoms with van der Waals surface area (Å²) in [6.45, 7) is 1.28. The van der Waals surface area contributed by atoms with E-state index in [1.807, 2.05) is 53.2 Å². The fraction of sp³-hybridized carbons (Fsp3) is 0.303. The fourth-order valence-electron chi connectivity index (χ4n) is 5.62. The van der Waals surface area contributed by atoms with E-state index in [9.17, 15) is 9.59 Å². The number of aryl methyl sites for hydroxylation is 1. The highest BCUT2D eigenvalue weighted by atomic mass is 35.5. The van der Waals surface area contributed by atoms with E-state index < -0.39 is 0 Å². The summed E-state index contributed by atoms with van der Waals surface area (Å²) in [5.41, 5.74) is 7.08. The van der Waals surface area contributed by atoms with Gasteiger partial charge in [-0.2, -0.15) is 4.68 Å². The lowest BCUT2D eigenvalue weighted by Gasteiger charge is -2.17. The number of tetrazole rings is 1. The molecule has 4 heterocycles. The third kappa shape index (κ3) is 8.25. The number of benzene rings is 2. The van der Waals surface area contributed by atoms with Crippen LogP contribution in [0.3, 0.4) is 0 Å². The normalized spacial score (nSPS) is 14.9. The van der Waals surface area contributed by atoms with Crippen LogP contribution in [0.15, 0.2) is 76.9 Å². The number of carbonyl (C=O) groups is 2. The number of allylic oxidation sites excluding steroid dienone is 1. The Hall–Kier alpha value is -4.98. The van der Waals surface area contributed by atoms with Crippen LogP contribution in [0.4, 0.5) is 0 Å².